The van der Waals surface area contributed by atoms with Crippen LogP contribution in [0.4, 0.5) is 10.1 Å². The SMILES string of the molecule is O=C(Nc1cccc(F)c1)C1CCN(C(=O)c2n[nH]c3ccccc23)CC1. The molecule has 138 valence electrons. The fourth-order valence-corrected chi connectivity index (χ4v) is 3.43. The van der Waals surface area contributed by atoms with E-state index in [4.69, 9.17) is 0 Å². The van der Waals surface area contributed by atoms with Gasteiger partial charge in [0, 0.05) is 30.1 Å². The van der Waals surface area contributed by atoms with E-state index >= 15 is 0 Å². The number of piperidine rings is 1. The van der Waals surface area contributed by atoms with Gasteiger partial charge in [0.2, 0.25) is 5.91 Å². The molecule has 0 atom stereocenters. The second kappa shape index (κ2) is 7.19. The number of H-pyrrole nitrogens is 1. The summed E-state index contributed by atoms with van der Waals surface area (Å²) < 4.78 is 13.2. The van der Waals surface area contributed by atoms with E-state index in [0.29, 0.717) is 37.3 Å². The first-order valence-electron chi connectivity index (χ1n) is 8.90. The van der Waals surface area contributed by atoms with Crippen LogP contribution in [0.25, 0.3) is 10.9 Å². The lowest BCUT2D eigenvalue weighted by molar-refractivity contribution is -0.121. The monoisotopic (exact) mass is 366 g/mol. The second-order valence-corrected chi connectivity index (χ2v) is 6.68. The minimum Gasteiger partial charge on any atom is -0.337 e. The quantitative estimate of drug-likeness (QED) is 0.747. The third-order valence-electron chi connectivity index (χ3n) is 4.92. The second-order valence-electron chi connectivity index (χ2n) is 6.68. The number of aromatic amines is 1. The fourth-order valence-electron chi connectivity index (χ4n) is 3.43. The standard InChI is InChI=1S/C20H19FN4O2/c21-14-4-3-5-15(12-14)22-19(26)13-8-10-25(11-9-13)20(27)18-16-6-1-2-7-17(16)23-24-18/h1-7,12-13H,8-11H2,(H,22,26)(H,23,24). The van der Waals surface area contributed by atoms with Crippen LogP contribution in [0.5, 0.6) is 0 Å². The van der Waals surface area contributed by atoms with Gasteiger partial charge in [-0.15, -0.1) is 0 Å². The van der Waals surface area contributed by atoms with Crippen molar-refractivity contribution in [2.75, 3.05) is 18.4 Å². The highest BCUT2D eigenvalue weighted by molar-refractivity contribution is 6.04. The topological polar surface area (TPSA) is 78.1 Å². The van der Waals surface area contributed by atoms with Crippen LogP contribution in [-0.4, -0.2) is 40.0 Å². The molecule has 0 bridgehead atoms. The predicted octanol–water partition coefficient (Wildman–Crippen LogP) is 3.19. The molecule has 0 radical (unpaired) electrons. The number of carbonyl (C=O) groups excluding carboxylic acids is 2. The highest BCUT2D eigenvalue weighted by Gasteiger charge is 2.29. The average Bonchev–Trinajstić information content (AvgIpc) is 3.12. The zero-order valence-corrected chi connectivity index (χ0v) is 14.6. The van der Waals surface area contributed by atoms with Crippen LogP contribution in [0.2, 0.25) is 0 Å². The van der Waals surface area contributed by atoms with Gasteiger partial charge in [0.25, 0.3) is 5.91 Å². The molecule has 1 saturated heterocycles. The number of para-hydroxylation sites is 1. The Hall–Kier alpha value is -3.22. The molecule has 1 fully saturated rings. The van der Waals surface area contributed by atoms with Gasteiger partial charge in [0.1, 0.15) is 5.82 Å². The van der Waals surface area contributed by atoms with Gasteiger partial charge < -0.3 is 10.2 Å². The zero-order chi connectivity index (χ0) is 18.8. The summed E-state index contributed by atoms with van der Waals surface area (Å²) in [7, 11) is 0. The first kappa shape index (κ1) is 17.2. The van der Waals surface area contributed by atoms with Crippen molar-refractivity contribution in [3.63, 3.8) is 0 Å². The maximum Gasteiger partial charge on any atom is 0.274 e. The predicted molar refractivity (Wildman–Crippen MR) is 99.8 cm³/mol. The number of nitrogens with zero attached hydrogens (tertiary/aromatic N) is 2. The average molecular weight is 366 g/mol. The Morgan fingerprint density at radius 1 is 1.11 bits per heavy atom. The van der Waals surface area contributed by atoms with Crippen molar-refractivity contribution in [2.45, 2.75) is 12.8 Å². The number of halogens is 1. The van der Waals surface area contributed by atoms with E-state index in [2.05, 4.69) is 15.5 Å². The number of likely N-dealkylation sites (tertiary alicyclic amines) is 1. The third kappa shape index (κ3) is 3.53. The molecule has 2 heterocycles. The van der Waals surface area contributed by atoms with Gasteiger partial charge >= 0.3 is 0 Å². The Morgan fingerprint density at radius 2 is 1.89 bits per heavy atom. The van der Waals surface area contributed by atoms with Crippen molar-refractivity contribution < 1.29 is 14.0 Å². The zero-order valence-electron chi connectivity index (χ0n) is 14.6. The van der Waals surface area contributed by atoms with E-state index < -0.39 is 0 Å². The highest BCUT2D eigenvalue weighted by Crippen LogP contribution is 2.23. The number of rotatable bonds is 3. The van der Waals surface area contributed by atoms with Gasteiger partial charge in [-0.05, 0) is 37.1 Å². The van der Waals surface area contributed by atoms with Gasteiger partial charge in [0.05, 0.1) is 5.52 Å². The summed E-state index contributed by atoms with van der Waals surface area (Å²) in [5, 5.41) is 10.6. The van der Waals surface area contributed by atoms with Crippen LogP contribution in [-0.2, 0) is 4.79 Å². The summed E-state index contributed by atoms with van der Waals surface area (Å²) in [6, 6.07) is 13.3. The normalized spacial score (nSPS) is 15.1. The number of hydrogen-bond donors (Lipinski definition) is 2. The van der Waals surface area contributed by atoms with Crippen molar-refractivity contribution in [1.82, 2.24) is 15.1 Å². The largest absolute Gasteiger partial charge is 0.337 e. The highest BCUT2D eigenvalue weighted by atomic mass is 19.1. The molecule has 27 heavy (non-hydrogen) atoms. The third-order valence-corrected chi connectivity index (χ3v) is 4.92. The van der Waals surface area contributed by atoms with Crippen LogP contribution in [0.3, 0.4) is 0 Å². The molecule has 4 rings (SSSR count). The molecule has 6 nitrogen and oxygen atoms in total. The summed E-state index contributed by atoms with van der Waals surface area (Å²) in [5.41, 5.74) is 1.68. The molecule has 7 heteroatoms. The maximum atomic E-state index is 13.2. The lowest BCUT2D eigenvalue weighted by Crippen LogP contribution is -2.41. The van der Waals surface area contributed by atoms with Crippen LogP contribution < -0.4 is 5.32 Å². The molecule has 1 aliphatic rings. The van der Waals surface area contributed by atoms with Crippen molar-refractivity contribution in [3.05, 3.63) is 60.0 Å². The van der Waals surface area contributed by atoms with Crippen LogP contribution >= 0.6 is 0 Å². The van der Waals surface area contributed by atoms with E-state index in [0.717, 1.165) is 10.9 Å². The number of anilines is 1. The summed E-state index contributed by atoms with van der Waals surface area (Å²) in [5.74, 6) is -0.859. The molecule has 2 N–H and O–H groups in total. The number of hydrogen-bond acceptors (Lipinski definition) is 3. The minimum atomic E-state index is -0.389. The molecule has 2 amide bonds. The molecule has 1 aliphatic heterocycles. The first-order valence-corrected chi connectivity index (χ1v) is 8.90. The number of amides is 2. The summed E-state index contributed by atoms with van der Waals surface area (Å²) in [4.78, 5) is 26.9. The number of carbonyl (C=O) groups is 2. The minimum absolute atomic E-state index is 0.128. The molecule has 0 unspecified atom stereocenters. The van der Waals surface area contributed by atoms with Crippen molar-refractivity contribution in [3.8, 4) is 0 Å². The Labute approximate surface area is 155 Å². The molecular formula is C20H19FN4O2. The molecule has 1 aromatic heterocycles. The Balaban J connectivity index is 1.38. The fraction of sp³-hybridized carbons (Fsp3) is 0.250. The van der Waals surface area contributed by atoms with Crippen molar-refractivity contribution in [1.29, 1.82) is 0 Å². The number of fused-ring (bicyclic) bond motifs is 1. The number of aromatic nitrogens is 2. The smallest absolute Gasteiger partial charge is 0.274 e. The maximum absolute atomic E-state index is 13.2. The van der Waals surface area contributed by atoms with E-state index in [-0.39, 0.29) is 23.5 Å². The molecule has 0 aliphatic carbocycles. The Bertz CT molecular complexity index is 992. The molecule has 2 aromatic carbocycles. The molecule has 0 spiro atoms. The van der Waals surface area contributed by atoms with E-state index in [1.807, 2.05) is 24.3 Å². The van der Waals surface area contributed by atoms with Gasteiger partial charge in [-0.2, -0.15) is 5.10 Å². The van der Waals surface area contributed by atoms with E-state index in [1.54, 1.807) is 17.0 Å². The van der Waals surface area contributed by atoms with Crippen molar-refractivity contribution >= 4 is 28.4 Å². The molecule has 3 aromatic rings. The summed E-state index contributed by atoms with van der Waals surface area (Å²) >= 11 is 0. The molecule has 0 saturated carbocycles. The Kier molecular flexibility index (Phi) is 4.58. The molecular weight excluding hydrogens is 347 g/mol. The summed E-state index contributed by atoms with van der Waals surface area (Å²) in [6.45, 7) is 0.975. The lowest BCUT2D eigenvalue weighted by atomic mass is 9.95. The van der Waals surface area contributed by atoms with Crippen LogP contribution in [0, 0.1) is 11.7 Å². The van der Waals surface area contributed by atoms with Gasteiger partial charge in [0.15, 0.2) is 5.69 Å². The van der Waals surface area contributed by atoms with Gasteiger partial charge in [-0.25, -0.2) is 4.39 Å². The summed E-state index contributed by atoms with van der Waals surface area (Å²) in [6.07, 6.45) is 1.13. The van der Waals surface area contributed by atoms with Gasteiger partial charge in [-0.3, -0.25) is 14.7 Å². The van der Waals surface area contributed by atoms with Crippen molar-refractivity contribution in [2.24, 2.45) is 5.92 Å². The van der Waals surface area contributed by atoms with E-state index in [9.17, 15) is 14.0 Å². The lowest BCUT2D eigenvalue weighted by Gasteiger charge is -2.31. The van der Waals surface area contributed by atoms with Crippen LogP contribution in [0.1, 0.15) is 23.3 Å². The Morgan fingerprint density at radius 3 is 2.67 bits per heavy atom. The number of nitrogens with one attached hydrogen (secondary N) is 2. The van der Waals surface area contributed by atoms with Gasteiger partial charge in [-0.1, -0.05) is 24.3 Å². The first-order chi connectivity index (χ1) is 13.1. The number of benzene rings is 2. The van der Waals surface area contributed by atoms with E-state index in [1.165, 1.54) is 12.1 Å². The van der Waals surface area contributed by atoms with Crippen LogP contribution in [0.15, 0.2) is 48.5 Å².